The fraction of sp³-hybridized carbons (Fsp3) is 0.455. The zero-order chi connectivity index (χ0) is 20.2. The molecule has 0 atom stereocenters. The van der Waals surface area contributed by atoms with E-state index in [4.69, 9.17) is 14.5 Å². The number of aromatic nitrogens is 1. The number of nitrogens with zero attached hydrogens (tertiary/aromatic N) is 3. The zero-order valence-corrected chi connectivity index (χ0v) is 19.9. The Balaban J connectivity index is 0.00000320. The number of hydrogen-bond acceptors (Lipinski definition) is 5. The molecule has 0 saturated carbocycles. The van der Waals surface area contributed by atoms with Gasteiger partial charge in [-0.3, -0.25) is 4.90 Å². The van der Waals surface area contributed by atoms with Crippen molar-refractivity contribution in [3.63, 3.8) is 0 Å². The Morgan fingerprint density at radius 2 is 1.93 bits per heavy atom. The van der Waals surface area contributed by atoms with Crippen LogP contribution in [0.4, 0.5) is 0 Å². The van der Waals surface area contributed by atoms with E-state index in [-0.39, 0.29) is 24.0 Å². The van der Waals surface area contributed by atoms with Gasteiger partial charge in [-0.15, -0.1) is 24.0 Å². The van der Waals surface area contributed by atoms with Crippen molar-refractivity contribution in [3.05, 3.63) is 59.8 Å². The van der Waals surface area contributed by atoms with Crippen LogP contribution >= 0.6 is 24.0 Å². The molecule has 1 aliphatic rings. The summed E-state index contributed by atoms with van der Waals surface area (Å²) in [5.41, 5.74) is 2.08. The van der Waals surface area contributed by atoms with Crippen molar-refractivity contribution in [3.8, 4) is 5.88 Å². The zero-order valence-electron chi connectivity index (χ0n) is 17.5. The summed E-state index contributed by atoms with van der Waals surface area (Å²) in [6, 6.07) is 14.0. The number of ether oxygens (including phenoxy) is 2. The van der Waals surface area contributed by atoms with Gasteiger partial charge in [0.25, 0.3) is 0 Å². The summed E-state index contributed by atoms with van der Waals surface area (Å²) in [4.78, 5) is 11.5. The highest BCUT2D eigenvalue weighted by Gasteiger charge is 2.10. The maximum absolute atomic E-state index is 5.94. The molecule has 1 aromatic heterocycles. The molecule has 1 aliphatic heterocycles. The van der Waals surface area contributed by atoms with Crippen LogP contribution < -0.4 is 15.4 Å². The Kier molecular flexibility index (Phi) is 11.5. The Bertz CT molecular complexity index is 754. The number of morpholine rings is 1. The molecule has 2 N–H and O–H groups in total. The highest BCUT2D eigenvalue weighted by molar-refractivity contribution is 14.0. The van der Waals surface area contributed by atoms with E-state index in [2.05, 4.69) is 27.4 Å². The Morgan fingerprint density at radius 3 is 2.70 bits per heavy atom. The molecule has 2 heterocycles. The largest absolute Gasteiger partial charge is 0.473 e. The number of hydrogen-bond donors (Lipinski definition) is 2. The number of rotatable bonds is 9. The SMILES string of the molecule is CCNC(=NCc1cccnc1OCc1ccccc1)NCCN1CCOCC1.I. The van der Waals surface area contributed by atoms with E-state index >= 15 is 0 Å². The molecule has 30 heavy (non-hydrogen) atoms. The topological polar surface area (TPSA) is 71.0 Å². The normalized spacial score (nSPS) is 14.6. The van der Waals surface area contributed by atoms with Crippen molar-refractivity contribution in [2.45, 2.75) is 20.1 Å². The van der Waals surface area contributed by atoms with Gasteiger partial charge in [0, 0.05) is 44.5 Å². The van der Waals surface area contributed by atoms with Crippen molar-refractivity contribution in [2.24, 2.45) is 4.99 Å². The third kappa shape index (κ3) is 8.45. The second-order valence-electron chi connectivity index (χ2n) is 6.82. The molecule has 0 aliphatic carbocycles. The molecule has 3 rings (SSSR count). The van der Waals surface area contributed by atoms with Crippen molar-refractivity contribution in [1.82, 2.24) is 20.5 Å². The molecule has 0 bridgehead atoms. The van der Waals surface area contributed by atoms with Gasteiger partial charge in [-0.2, -0.15) is 0 Å². The van der Waals surface area contributed by atoms with Crippen LogP contribution in [0.25, 0.3) is 0 Å². The predicted molar refractivity (Wildman–Crippen MR) is 131 cm³/mol. The molecule has 2 aromatic rings. The standard InChI is InChI=1S/C22H31N5O2.HI/c1-2-23-22(25-11-12-27-13-15-28-16-14-27)26-17-20-9-6-10-24-21(20)29-18-19-7-4-3-5-8-19;/h3-10H,2,11-18H2,1H3,(H2,23,25,26);1H. The summed E-state index contributed by atoms with van der Waals surface area (Å²) >= 11 is 0. The second kappa shape index (κ2) is 14.2. The number of aliphatic imine (C=N–C) groups is 1. The van der Waals surface area contributed by atoms with Gasteiger partial charge in [0.05, 0.1) is 19.8 Å². The molecule has 7 nitrogen and oxygen atoms in total. The lowest BCUT2D eigenvalue weighted by molar-refractivity contribution is 0.0389. The summed E-state index contributed by atoms with van der Waals surface area (Å²) < 4.78 is 11.3. The monoisotopic (exact) mass is 525 g/mol. The maximum atomic E-state index is 5.94. The van der Waals surface area contributed by atoms with E-state index in [0.717, 1.165) is 63.0 Å². The number of guanidine groups is 1. The van der Waals surface area contributed by atoms with Crippen molar-refractivity contribution >= 4 is 29.9 Å². The Morgan fingerprint density at radius 1 is 1.13 bits per heavy atom. The third-order valence-corrected chi connectivity index (χ3v) is 4.64. The van der Waals surface area contributed by atoms with Crippen molar-refractivity contribution in [2.75, 3.05) is 45.9 Å². The summed E-state index contributed by atoms with van der Waals surface area (Å²) in [5.74, 6) is 1.43. The minimum atomic E-state index is 0. The smallest absolute Gasteiger partial charge is 0.218 e. The molecular weight excluding hydrogens is 493 g/mol. The van der Waals surface area contributed by atoms with Crippen LogP contribution in [0.3, 0.4) is 0 Å². The van der Waals surface area contributed by atoms with Crippen LogP contribution in [0.1, 0.15) is 18.1 Å². The molecule has 1 saturated heterocycles. The van der Waals surface area contributed by atoms with Crippen LogP contribution in [0.5, 0.6) is 5.88 Å². The fourth-order valence-electron chi connectivity index (χ4n) is 3.06. The minimum Gasteiger partial charge on any atom is -0.473 e. The maximum Gasteiger partial charge on any atom is 0.218 e. The second-order valence-corrected chi connectivity index (χ2v) is 6.82. The van der Waals surface area contributed by atoms with Crippen LogP contribution in [-0.4, -0.2) is 61.8 Å². The minimum absolute atomic E-state index is 0. The summed E-state index contributed by atoms with van der Waals surface area (Å²) in [6.45, 7) is 9.33. The fourth-order valence-corrected chi connectivity index (χ4v) is 3.06. The molecule has 0 unspecified atom stereocenters. The van der Waals surface area contributed by atoms with Crippen molar-refractivity contribution < 1.29 is 9.47 Å². The first-order chi connectivity index (χ1) is 14.3. The molecule has 1 aromatic carbocycles. The van der Waals surface area contributed by atoms with Gasteiger partial charge in [0.2, 0.25) is 5.88 Å². The molecule has 164 valence electrons. The van der Waals surface area contributed by atoms with Crippen molar-refractivity contribution in [1.29, 1.82) is 0 Å². The predicted octanol–water partition coefficient (Wildman–Crippen LogP) is 2.67. The Hall–Kier alpha value is -1.91. The van der Waals surface area contributed by atoms with E-state index in [0.29, 0.717) is 19.0 Å². The molecule has 0 amide bonds. The van der Waals surface area contributed by atoms with Crippen LogP contribution in [0, 0.1) is 0 Å². The van der Waals surface area contributed by atoms with Gasteiger partial charge in [0.15, 0.2) is 5.96 Å². The van der Waals surface area contributed by atoms with Crippen LogP contribution in [-0.2, 0) is 17.9 Å². The average Bonchev–Trinajstić information content (AvgIpc) is 2.78. The number of benzene rings is 1. The highest BCUT2D eigenvalue weighted by atomic mass is 127. The van der Waals surface area contributed by atoms with Crippen LogP contribution in [0.2, 0.25) is 0 Å². The first-order valence-electron chi connectivity index (χ1n) is 10.3. The molecule has 8 heteroatoms. The van der Waals surface area contributed by atoms with Gasteiger partial charge >= 0.3 is 0 Å². The van der Waals surface area contributed by atoms with E-state index in [9.17, 15) is 0 Å². The summed E-state index contributed by atoms with van der Waals surface area (Å²) in [5, 5.41) is 6.71. The van der Waals surface area contributed by atoms with Gasteiger partial charge < -0.3 is 20.1 Å². The van der Waals surface area contributed by atoms with E-state index in [1.54, 1.807) is 6.20 Å². The highest BCUT2D eigenvalue weighted by Crippen LogP contribution is 2.17. The van der Waals surface area contributed by atoms with E-state index in [1.165, 1.54) is 0 Å². The van der Waals surface area contributed by atoms with Gasteiger partial charge in [-0.05, 0) is 18.6 Å². The number of pyridine rings is 1. The van der Waals surface area contributed by atoms with E-state index < -0.39 is 0 Å². The van der Waals surface area contributed by atoms with Gasteiger partial charge in [-0.25, -0.2) is 9.98 Å². The average molecular weight is 525 g/mol. The van der Waals surface area contributed by atoms with Gasteiger partial charge in [0.1, 0.15) is 6.61 Å². The lowest BCUT2D eigenvalue weighted by atomic mass is 10.2. The molecular formula is C22H32IN5O2. The van der Waals surface area contributed by atoms with Gasteiger partial charge in [-0.1, -0.05) is 36.4 Å². The quantitative estimate of drug-likeness (QED) is 0.298. The molecule has 0 radical (unpaired) electrons. The molecule has 1 fully saturated rings. The molecule has 0 spiro atoms. The number of halogens is 1. The van der Waals surface area contributed by atoms with E-state index in [1.807, 2.05) is 42.5 Å². The first-order valence-corrected chi connectivity index (χ1v) is 10.3. The summed E-state index contributed by atoms with van der Waals surface area (Å²) in [7, 11) is 0. The van der Waals surface area contributed by atoms with Crippen LogP contribution in [0.15, 0.2) is 53.7 Å². The Labute approximate surface area is 196 Å². The third-order valence-electron chi connectivity index (χ3n) is 4.64. The first kappa shape index (κ1) is 24.4. The number of nitrogens with one attached hydrogen (secondary N) is 2. The lowest BCUT2D eigenvalue weighted by Gasteiger charge is -2.26. The lowest BCUT2D eigenvalue weighted by Crippen LogP contribution is -2.44. The summed E-state index contributed by atoms with van der Waals surface area (Å²) in [6.07, 6.45) is 1.75.